The summed E-state index contributed by atoms with van der Waals surface area (Å²) >= 11 is 5.68. The molecular weight excluding hydrogens is 255 g/mol. The standard InChI is InChI=1S/C10H12ClFO3S/c1-3-10(15-16(2,13)14)7-4-8(11)6-9(12)5-7/h4-6,10H,3H2,1-2H3. The molecule has 1 atom stereocenters. The van der Waals surface area contributed by atoms with Gasteiger partial charge in [-0.1, -0.05) is 18.5 Å². The summed E-state index contributed by atoms with van der Waals surface area (Å²) in [5.74, 6) is -0.516. The van der Waals surface area contributed by atoms with E-state index in [0.29, 0.717) is 12.0 Å². The molecule has 0 amide bonds. The van der Waals surface area contributed by atoms with Crippen LogP contribution in [0.2, 0.25) is 5.02 Å². The van der Waals surface area contributed by atoms with Crippen LogP contribution in [0.25, 0.3) is 0 Å². The lowest BCUT2D eigenvalue weighted by Crippen LogP contribution is -2.10. The van der Waals surface area contributed by atoms with Crippen LogP contribution in [-0.4, -0.2) is 14.7 Å². The molecule has 1 rings (SSSR count). The largest absolute Gasteiger partial charge is 0.264 e. The minimum atomic E-state index is -3.57. The molecule has 3 nitrogen and oxygen atoms in total. The monoisotopic (exact) mass is 266 g/mol. The molecule has 1 aromatic carbocycles. The second-order valence-corrected chi connectivity index (χ2v) is 5.44. The molecule has 1 unspecified atom stereocenters. The molecule has 16 heavy (non-hydrogen) atoms. The topological polar surface area (TPSA) is 43.4 Å². The Morgan fingerprint density at radius 1 is 1.44 bits per heavy atom. The van der Waals surface area contributed by atoms with Gasteiger partial charge in [0, 0.05) is 5.02 Å². The van der Waals surface area contributed by atoms with Gasteiger partial charge in [0.05, 0.1) is 6.26 Å². The zero-order valence-electron chi connectivity index (χ0n) is 8.91. The van der Waals surface area contributed by atoms with Crippen molar-refractivity contribution in [1.29, 1.82) is 0 Å². The fraction of sp³-hybridized carbons (Fsp3) is 0.400. The molecule has 0 aromatic heterocycles. The molecule has 0 saturated heterocycles. The van der Waals surface area contributed by atoms with Gasteiger partial charge in [0.25, 0.3) is 10.1 Å². The molecule has 0 bridgehead atoms. The van der Waals surface area contributed by atoms with Gasteiger partial charge in [0.2, 0.25) is 0 Å². The highest BCUT2D eigenvalue weighted by Gasteiger charge is 2.17. The van der Waals surface area contributed by atoms with Gasteiger partial charge in [-0.05, 0) is 30.2 Å². The molecule has 6 heteroatoms. The van der Waals surface area contributed by atoms with Crippen LogP contribution in [0.1, 0.15) is 25.0 Å². The molecule has 0 aliphatic rings. The summed E-state index contributed by atoms with van der Waals surface area (Å²) in [6.45, 7) is 1.74. The summed E-state index contributed by atoms with van der Waals surface area (Å²) in [5, 5.41) is 0.213. The van der Waals surface area contributed by atoms with Crippen LogP contribution < -0.4 is 0 Å². The minimum Gasteiger partial charge on any atom is -0.262 e. The second-order valence-electron chi connectivity index (χ2n) is 3.40. The highest BCUT2D eigenvalue weighted by Crippen LogP contribution is 2.26. The van der Waals surface area contributed by atoms with E-state index in [-0.39, 0.29) is 5.02 Å². The summed E-state index contributed by atoms with van der Waals surface area (Å²) in [7, 11) is -3.57. The first-order valence-corrected chi connectivity index (χ1v) is 6.85. The number of halogens is 2. The molecule has 0 saturated carbocycles. The Morgan fingerprint density at radius 3 is 2.50 bits per heavy atom. The summed E-state index contributed by atoms with van der Waals surface area (Å²) < 4.78 is 39.9. The predicted molar refractivity (Wildman–Crippen MR) is 60.4 cm³/mol. The maximum absolute atomic E-state index is 13.1. The van der Waals surface area contributed by atoms with Crippen molar-refractivity contribution in [3.8, 4) is 0 Å². The average Bonchev–Trinajstić information content (AvgIpc) is 2.11. The molecule has 0 heterocycles. The molecule has 0 radical (unpaired) electrons. The first-order chi connectivity index (χ1) is 7.31. The van der Waals surface area contributed by atoms with Crippen molar-refractivity contribution in [2.75, 3.05) is 6.26 Å². The van der Waals surface area contributed by atoms with Gasteiger partial charge >= 0.3 is 0 Å². The normalized spacial score (nSPS) is 13.8. The number of rotatable bonds is 4. The number of benzene rings is 1. The van der Waals surface area contributed by atoms with Gasteiger partial charge in [-0.2, -0.15) is 8.42 Å². The van der Waals surface area contributed by atoms with E-state index < -0.39 is 22.0 Å². The zero-order valence-corrected chi connectivity index (χ0v) is 10.5. The maximum Gasteiger partial charge on any atom is 0.264 e. The highest BCUT2D eigenvalue weighted by molar-refractivity contribution is 7.86. The third-order valence-electron chi connectivity index (χ3n) is 1.92. The average molecular weight is 267 g/mol. The zero-order chi connectivity index (χ0) is 12.3. The van der Waals surface area contributed by atoms with Gasteiger partial charge in [-0.15, -0.1) is 0 Å². The summed E-state index contributed by atoms with van der Waals surface area (Å²) in [4.78, 5) is 0. The van der Waals surface area contributed by atoms with Gasteiger partial charge < -0.3 is 0 Å². The van der Waals surface area contributed by atoms with Crippen molar-refractivity contribution < 1.29 is 17.0 Å². The van der Waals surface area contributed by atoms with Crippen LogP contribution in [-0.2, 0) is 14.3 Å². The van der Waals surface area contributed by atoms with E-state index in [0.717, 1.165) is 12.3 Å². The van der Waals surface area contributed by atoms with E-state index in [9.17, 15) is 12.8 Å². The fourth-order valence-electron chi connectivity index (χ4n) is 1.33. The lowest BCUT2D eigenvalue weighted by molar-refractivity contribution is 0.211. The van der Waals surface area contributed by atoms with E-state index in [1.165, 1.54) is 12.1 Å². The van der Waals surface area contributed by atoms with E-state index in [2.05, 4.69) is 0 Å². The van der Waals surface area contributed by atoms with E-state index in [1.54, 1.807) is 6.92 Å². The molecule has 90 valence electrons. The number of hydrogen-bond donors (Lipinski definition) is 0. The van der Waals surface area contributed by atoms with E-state index in [1.807, 2.05) is 0 Å². The van der Waals surface area contributed by atoms with Crippen molar-refractivity contribution in [3.05, 3.63) is 34.6 Å². The minimum absolute atomic E-state index is 0.213. The number of hydrogen-bond acceptors (Lipinski definition) is 3. The van der Waals surface area contributed by atoms with Crippen LogP contribution in [0, 0.1) is 5.82 Å². The Labute approximate surface area is 99.3 Å². The SMILES string of the molecule is CCC(OS(C)(=O)=O)c1cc(F)cc(Cl)c1. The lowest BCUT2D eigenvalue weighted by atomic mass is 10.1. The lowest BCUT2D eigenvalue weighted by Gasteiger charge is -2.14. The van der Waals surface area contributed by atoms with Crippen molar-refractivity contribution in [3.63, 3.8) is 0 Å². The smallest absolute Gasteiger partial charge is 0.262 e. The van der Waals surface area contributed by atoms with Crippen LogP contribution in [0.15, 0.2) is 18.2 Å². The van der Waals surface area contributed by atoms with Crippen molar-refractivity contribution >= 4 is 21.7 Å². The van der Waals surface area contributed by atoms with E-state index in [4.69, 9.17) is 15.8 Å². The van der Waals surface area contributed by atoms with Gasteiger partial charge in [0.1, 0.15) is 11.9 Å². The van der Waals surface area contributed by atoms with Crippen molar-refractivity contribution in [1.82, 2.24) is 0 Å². The summed E-state index contributed by atoms with van der Waals surface area (Å²) in [6, 6.07) is 3.85. The van der Waals surface area contributed by atoms with Crippen molar-refractivity contribution in [2.45, 2.75) is 19.4 Å². The molecular formula is C10H12ClFO3S. The third-order valence-corrected chi connectivity index (χ3v) is 2.72. The Hall–Kier alpha value is -0.650. The summed E-state index contributed by atoms with van der Waals surface area (Å²) in [6.07, 6.45) is 0.659. The van der Waals surface area contributed by atoms with Crippen LogP contribution in [0.3, 0.4) is 0 Å². The third kappa shape index (κ3) is 4.08. The van der Waals surface area contributed by atoms with Gasteiger partial charge in [-0.25, -0.2) is 4.39 Å². The van der Waals surface area contributed by atoms with Crippen molar-refractivity contribution in [2.24, 2.45) is 0 Å². The Balaban J connectivity index is 3.04. The van der Waals surface area contributed by atoms with Crippen LogP contribution >= 0.6 is 11.6 Å². The van der Waals surface area contributed by atoms with Gasteiger partial charge in [-0.3, -0.25) is 4.18 Å². The molecule has 0 aliphatic carbocycles. The van der Waals surface area contributed by atoms with Crippen LogP contribution in [0.4, 0.5) is 4.39 Å². The predicted octanol–water partition coefficient (Wildman–Crippen LogP) is 2.91. The molecule has 0 N–H and O–H groups in total. The molecule has 0 fully saturated rings. The van der Waals surface area contributed by atoms with Crippen LogP contribution in [0.5, 0.6) is 0 Å². The van der Waals surface area contributed by atoms with E-state index >= 15 is 0 Å². The maximum atomic E-state index is 13.1. The highest BCUT2D eigenvalue weighted by atomic mass is 35.5. The molecule has 0 spiro atoms. The van der Waals surface area contributed by atoms with Gasteiger partial charge in [0.15, 0.2) is 0 Å². The molecule has 0 aliphatic heterocycles. The Morgan fingerprint density at radius 2 is 2.06 bits per heavy atom. The Bertz CT molecular complexity index is 453. The Kier molecular flexibility index (Phi) is 4.29. The first-order valence-electron chi connectivity index (χ1n) is 4.66. The molecule has 1 aromatic rings. The quantitative estimate of drug-likeness (QED) is 0.787. The first kappa shape index (κ1) is 13.4. The second kappa shape index (κ2) is 5.12. The summed E-state index contributed by atoms with van der Waals surface area (Å²) in [5.41, 5.74) is 0.415. The fourth-order valence-corrected chi connectivity index (χ4v) is 2.23.